The summed E-state index contributed by atoms with van der Waals surface area (Å²) < 4.78 is 11.4. The molecule has 1 aliphatic heterocycles. The number of rotatable bonds is 8. The number of nitriles is 1. The minimum Gasteiger partial charge on any atom is -0.489 e. The molecule has 33 heavy (non-hydrogen) atoms. The van der Waals surface area contributed by atoms with Crippen LogP contribution in [0.2, 0.25) is 0 Å². The molecular formula is C25H29N5O3. The quantitative estimate of drug-likeness (QED) is 0.580. The summed E-state index contributed by atoms with van der Waals surface area (Å²) in [6.07, 6.45) is 8.45. The summed E-state index contributed by atoms with van der Waals surface area (Å²) in [7, 11) is 0. The molecule has 1 saturated heterocycles. The standard InChI is InChI=1S/C25H29N5O3/c1-5-20(8-6-17(2)25(3,4)31)29-24-28-16-27-23(30-24)18-7-9-22(19(14-18)15-26)33-21-10-12-32-13-11-21/h5-9,14,16,21,31H,2,10-13H2,1,3-4H3,(H,27,28,29,30)/b8-6-,20-5+. The van der Waals surface area contributed by atoms with Crippen molar-refractivity contribution in [3.63, 3.8) is 0 Å². The van der Waals surface area contributed by atoms with Crippen molar-refractivity contribution in [3.8, 4) is 23.2 Å². The molecule has 1 aliphatic rings. The third-order valence-corrected chi connectivity index (χ3v) is 5.21. The predicted octanol–water partition coefficient (Wildman–Crippen LogP) is 4.17. The van der Waals surface area contributed by atoms with E-state index in [1.54, 1.807) is 38.1 Å². The van der Waals surface area contributed by atoms with Crippen molar-refractivity contribution >= 4 is 5.95 Å². The van der Waals surface area contributed by atoms with Crippen LogP contribution >= 0.6 is 0 Å². The van der Waals surface area contributed by atoms with Gasteiger partial charge in [0, 0.05) is 24.1 Å². The van der Waals surface area contributed by atoms with E-state index >= 15 is 0 Å². The number of anilines is 1. The zero-order chi connectivity index (χ0) is 23.8. The number of hydrogen-bond donors (Lipinski definition) is 2. The van der Waals surface area contributed by atoms with Gasteiger partial charge in [-0.3, -0.25) is 0 Å². The lowest BCUT2D eigenvalue weighted by Gasteiger charge is -2.23. The molecule has 0 radical (unpaired) electrons. The highest BCUT2D eigenvalue weighted by Crippen LogP contribution is 2.27. The molecule has 2 aromatic rings. The minimum atomic E-state index is -1.01. The van der Waals surface area contributed by atoms with Crippen molar-refractivity contribution < 1.29 is 14.6 Å². The maximum atomic E-state index is 10.0. The van der Waals surface area contributed by atoms with E-state index in [1.807, 2.05) is 19.1 Å². The summed E-state index contributed by atoms with van der Waals surface area (Å²) >= 11 is 0. The van der Waals surface area contributed by atoms with Gasteiger partial charge in [-0.2, -0.15) is 10.2 Å². The highest BCUT2D eigenvalue weighted by Gasteiger charge is 2.18. The molecule has 2 N–H and O–H groups in total. The maximum absolute atomic E-state index is 10.0. The predicted molar refractivity (Wildman–Crippen MR) is 126 cm³/mol. The molecule has 0 unspecified atom stereocenters. The molecule has 1 fully saturated rings. The van der Waals surface area contributed by atoms with Gasteiger partial charge in [-0.15, -0.1) is 0 Å². The van der Waals surface area contributed by atoms with E-state index in [9.17, 15) is 10.4 Å². The van der Waals surface area contributed by atoms with Gasteiger partial charge in [0.05, 0.1) is 24.4 Å². The average Bonchev–Trinajstić information content (AvgIpc) is 2.82. The fraction of sp³-hybridized carbons (Fsp3) is 0.360. The summed E-state index contributed by atoms with van der Waals surface area (Å²) in [6.45, 7) is 10.4. The number of nitrogens with one attached hydrogen (secondary N) is 1. The topological polar surface area (TPSA) is 113 Å². The van der Waals surface area contributed by atoms with Crippen LogP contribution in [0.5, 0.6) is 5.75 Å². The normalized spacial score (nSPS) is 15.3. The van der Waals surface area contributed by atoms with Crippen LogP contribution in [0.4, 0.5) is 5.95 Å². The van der Waals surface area contributed by atoms with Crippen molar-refractivity contribution in [2.75, 3.05) is 18.5 Å². The molecular weight excluding hydrogens is 418 g/mol. The Kier molecular flexibility index (Phi) is 7.93. The monoisotopic (exact) mass is 447 g/mol. The van der Waals surface area contributed by atoms with E-state index in [2.05, 4.69) is 32.9 Å². The van der Waals surface area contributed by atoms with E-state index in [0.29, 0.717) is 47.4 Å². The number of benzene rings is 1. The molecule has 2 heterocycles. The van der Waals surface area contributed by atoms with Gasteiger partial charge in [-0.25, -0.2) is 9.97 Å². The second kappa shape index (κ2) is 10.9. The Morgan fingerprint density at radius 2 is 2.06 bits per heavy atom. The van der Waals surface area contributed by atoms with Gasteiger partial charge in [0.15, 0.2) is 5.82 Å². The number of allylic oxidation sites excluding steroid dienone is 2. The molecule has 8 nitrogen and oxygen atoms in total. The van der Waals surface area contributed by atoms with Gasteiger partial charge in [-0.05, 0) is 50.6 Å². The van der Waals surface area contributed by atoms with Gasteiger partial charge >= 0.3 is 0 Å². The first-order chi connectivity index (χ1) is 15.8. The summed E-state index contributed by atoms with van der Waals surface area (Å²) in [4.78, 5) is 12.9. The second-order valence-corrected chi connectivity index (χ2v) is 8.17. The third-order valence-electron chi connectivity index (χ3n) is 5.21. The molecule has 1 aromatic heterocycles. The Balaban J connectivity index is 1.76. The smallest absolute Gasteiger partial charge is 0.230 e. The first-order valence-corrected chi connectivity index (χ1v) is 10.8. The van der Waals surface area contributed by atoms with Crippen molar-refractivity contribution in [1.29, 1.82) is 5.26 Å². The van der Waals surface area contributed by atoms with Crippen LogP contribution in [0.3, 0.4) is 0 Å². The van der Waals surface area contributed by atoms with E-state index in [0.717, 1.165) is 18.5 Å². The van der Waals surface area contributed by atoms with Crippen LogP contribution in [0.1, 0.15) is 39.2 Å². The van der Waals surface area contributed by atoms with Gasteiger partial charge in [0.1, 0.15) is 24.3 Å². The summed E-state index contributed by atoms with van der Waals surface area (Å²) in [6, 6.07) is 7.53. The zero-order valence-corrected chi connectivity index (χ0v) is 19.2. The third kappa shape index (κ3) is 6.72. The molecule has 3 rings (SSSR count). The van der Waals surface area contributed by atoms with Crippen LogP contribution in [-0.4, -0.2) is 45.0 Å². The number of nitrogens with zero attached hydrogens (tertiary/aromatic N) is 4. The Morgan fingerprint density at radius 1 is 1.30 bits per heavy atom. The Hall–Kier alpha value is -3.54. The lowest BCUT2D eigenvalue weighted by Crippen LogP contribution is -2.26. The molecule has 0 bridgehead atoms. The highest BCUT2D eigenvalue weighted by atomic mass is 16.5. The molecule has 0 amide bonds. The van der Waals surface area contributed by atoms with Crippen LogP contribution in [0.25, 0.3) is 11.4 Å². The largest absolute Gasteiger partial charge is 0.489 e. The Labute approximate surface area is 194 Å². The second-order valence-electron chi connectivity index (χ2n) is 8.17. The van der Waals surface area contributed by atoms with Crippen molar-refractivity contribution in [2.45, 2.75) is 45.3 Å². The van der Waals surface area contributed by atoms with Crippen LogP contribution < -0.4 is 10.1 Å². The molecule has 0 saturated carbocycles. The van der Waals surface area contributed by atoms with Crippen LogP contribution in [0, 0.1) is 11.3 Å². The Morgan fingerprint density at radius 3 is 2.73 bits per heavy atom. The summed E-state index contributed by atoms with van der Waals surface area (Å²) in [5.74, 6) is 1.34. The summed E-state index contributed by atoms with van der Waals surface area (Å²) in [5, 5.41) is 22.8. The van der Waals surface area contributed by atoms with Crippen molar-refractivity contribution in [2.24, 2.45) is 0 Å². The SMILES string of the molecule is C=C(/C=C\C(=C/C)Nc1ncnc(-c2ccc(OC3CCOCC3)c(C#N)c2)n1)C(C)(C)O. The zero-order valence-electron chi connectivity index (χ0n) is 19.2. The number of aromatic nitrogens is 3. The van der Waals surface area contributed by atoms with Crippen LogP contribution in [-0.2, 0) is 4.74 Å². The van der Waals surface area contributed by atoms with Crippen molar-refractivity contribution in [1.82, 2.24) is 15.0 Å². The minimum absolute atomic E-state index is 0.0458. The lowest BCUT2D eigenvalue weighted by molar-refractivity contribution is 0.0254. The highest BCUT2D eigenvalue weighted by molar-refractivity contribution is 5.62. The maximum Gasteiger partial charge on any atom is 0.230 e. The molecule has 8 heteroatoms. The first kappa shape index (κ1) is 24.1. The van der Waals surface area contributed by atoms with E-state index in [1.165, 1.54) is 6.33 Å². The van der Waals surface area contributed by atoms with Gasteiger partial charge in [0.25, 0.3) is 0 Å². The first-order valence-electron chi connectivity index (χ1n) is 10.8. The molecule has 1 aromatic carbocycles. The average molecular weight is 448 g/mol. The van der Waals surface area contributed by atoms with E-state index in [4.69, 9.17) is 9.47 Å². The van der Waals surface area contributed by atoms with Crippen LogP contribution in [0.15, 0.2) is 60.6 Å². The molecule has 0 atom stereocenters. The van der Waals surface area contributed by atoms with Gasteiger partial charge in [-0.1, -0.05) is 18.7 Å². The van der Waals surface area contributed by atoms with E-state index < -0.39 is 5.60 Å². The Bertz CT molecular complexity index is 1090. The van der Waals surface area contributed by atoms with Gasteiger partial charge in [0.2, 0.25) is 5.95 Å². The molecule has 0 spiro atoms. The van der Waals surface area contributed by atoms with Gasteiger partial charge < -0.3 is 19.9 Å². The molecule has 0 aliphatic carbocycles. The van der Waals surface area contributed by atoms with E-state index in [-0.39, 0.29) is 6.10 Å². The summed E-state index contributed by atoms with van der Waals surface area (Å²) in [5.41, 5.74) is 1.41. The lowest BCUT2D eigenvalue weighted by atomic mass is 9.99. The number of ether oxygens (including phenoxy) is 2. The fourth-order valence-corrected chi connectivity index (χ4v) is 3.06. The number of hydrogen-bond acceptors (Lipinski definition) is 8. The molecule has 172 valence electrons. The fourth-order valence-electron chi connectivity index (χ4n) is 3.06. The van der Waals surface area contributed by atoms with Crippen molar-refractivity contribution in [3.05, 3.63) is 66.2 Å². The number of aliphatic hydroxyl groups is 1.